The van der Waals surface area contributed by atoms with Gasteiger partial charge in [-0.3, -0.25) is 9.36 Å². The highest BCUT2D eigenvalue weighted by molar-refractivity contribution is 7.98. The lowest BCUT2D eigenvalue weighted by molar-refractivity contribution is 0.419. The number of nitrogens with zero attached hydrogens (tertiary/aromatic N) is 2. The molecule has 0 bridgehead atoms. The van der Waals surface area contributed by atoms with Crippen LogP contribution in [0.25, 0.3) is 5.69 Å². The van der Waals surface area contributed by atoms with Crippen LogP contribution >= 0.6 is 11.8 Å². The highest BCUT2D eigenvalue weighted by atomic mass is 32.2. The first kappa shape index (κ1) is 15.4. The van der Waals surface area contributed by atoms with Crippen LogP contribution in [0.2, 0.25) is 0 Å². The molecule has 0 amide bonds. The summed E-state index contributed by atoms with van der Waals surface area (Å²) in [6.45, 7) is 4.12. The molecule has 0 aliphatic carbocycles. The largest absolute Gasteiger partial charge is 0.502 e. The monoisotopic (exact) mass is 328 g/mol. The van der Waals surface area contributed by atoms with Gasteiger partial charge in [-0.1, -0.05) is 17.8 Å². The second-order valence-corrected chi connectivity index (χ2v) is 6.25. The fraction of sp³-hybridized carbons (Fsp3) is 0.176. The van der Waals surface area contributed by atoms with Gasteiger partial charge in [0.1, 0.15) is 12.0 Å². The van der Waals surface area contributed by atoms with E-state index < -0.39 is 5.43 Å². The number of aromatic nitrogens is 2. The van der Waals surface area contributed by atoms with Gasteiger partial charge >= 0.3 is 0 Å². The van der Waals surface area contributed by atoms with Gasteiger partial charge in [-0.25, -0.2) is 4.98 Å². The van der Waals surface area contributed by atoms with Crippen molar-refractivity contribution in [3.8, 4) is 11.4 Å². The number of hydrogen-bond donors (Lipinski definition) is 1. The zero-order valence-electron chi connectivity index (χ0n) is 12.8. The van der Waals surface area contributed by atoms with Crippen molar-refractivity contribution in [2.45, 2.75) is 24.8 Å². The smallest absolute Gasteiger partial charge is 0.226 e. The highest BCUT2D eigenvalue weighted by Gasteiger charge is 2.09. The molecule has 0 aliphatic heterocycles. The van der Waals surface area contributed by atoms with Crippen LogP contribution in [0.15, 0.2) is 57.3 Å². The molecule has 5 nitrogen and oxygen atoms in total. The summed E-state index contributed by atoms with van der Waals surface area (Å²) in [6, 6.07) is 7.61. The maximum atomic E-state index is 11.4. The van der Waals surface area contributed by atoms with Gasteiger partial charge in [0.05, 0.1) is 5.75 Å². The van der Waals surface area contributed by atoms with Crippen molar-refractivity contribution < 1.29 is 9.52 Å². The van der Waals surface area contributed by atoms with Crippen molar-refractivity contribution in [1.29, 1.82) is 0 Å². The molecule has 3 rings (SSSR count). The molecule has 118 valence electrons. The number of rotatable bonds is 4. The highest BCUT2D eigenvalue weighted by Crippen LogP contribution is 2.25. The average molecular weight is 328 g/mol. The lowest BCUT2D eigenvalue weighted by Crippen LogP contribution is -2.00. The summed E-state index contributed by atoms with van der Waals surface area (Å²) < 4.78 is 7.22. The van der Waals surface area contributed by atoms with Crippen molar-refractivity contribution >= 4 is 11.8 Å². The summed E-state index contributed by atoms with van der Waals surface area (Å²) in [6.07, 6.45) is 4.71. The van der Waals surface area contributed by atoms with E-state index in [1.165, 1.54) is 29.0 Å². The van der Waals surface area contributed by atoms with Crippen molar-refractivity contribution in [3.05, 3.63) is 70.0 Å². The van der Waals surface area contributed by atoms with Gasteiger partial charge < -0.3 is 9.52 Å². The summed E-state index contributed by atoms with van der Waals surface area (Å²) in [5, 5.41) is 10.0. The van der Waals surface area contributed by atoms with Gasteiger partial charge in [0.15, 0.2) is 10.9 Å². The number of imidazole rings is 1. The SMILES string of the molecule is Cc1cc(C)cc(-n2ccnc2SCc2cc(=O)c(O)co2)c1. The molecule has 1 N–H and O–H groups in total. The van der Waals surface area contributed by atoms with E-state index in [2.05, 4.69) is 37.0 Å². The first-order chi connectivity index (χ1) is 11.0. The van der Waals surface area contributed by atoms with E-state index in [4.69, 9.17) is 4.42 Å². The predicted molar refractivity (Wildman–Crippen MR) is 89.2 cm³/mol. The van der Waals surface area contributed by atoms with Gasteiger partial charge in [0.25, 0.3) is 0 Å². The van der Waals surface area contributed by atoms with E-state index in [0.717, 1.165) is 17.1 Å². The zero-order chi connectivity index (χ0) is 16.4. The van der Waals surface area contributed by atoms with Crippen molar-refractivity contribution in [2.24, 2.45) is 0 Å². The van der Waals surface area contributed by atoms with Crippen LogP contribution in [0.5, 0.6) is 5.75 Å². The van der Waals surface area contributed by atoms with Crippen LogP contribution in [-0.2, 0) is 5.75 Å². The first-order valence-electron chi connectivity index (χ1n) is 7.08. The summed E-state index contributed by atoms with van der Waals surface area (Å²) in [5.41, 5.74) is 2.99. The molecule has 6 heteroatoms. The van der Waals surface area contributed by atoms with E-state index >= 15 is 0 Å². The summed E-state index contributed by atoms with van der Waals surface area (Å²) >= 11 is 1.47. The maximum absolute atomic E-state index is 11.4. The molecular formula is C17H16N2O3S. The molecule has 0 aliphatic rings. The Labute approximate surface area is 137 Å². The van der Waals surface area contributed by atoms with Gasteiger partial charge in [-0.05, 0) is 37.1 Å². The van der Waals surface area contributed by atoms with Crippen molar-refractivity contribution in [1.82, 2.24) is 9.55 Å². The van der Waals surface area contributed by atoms with Crippen LogP contribution in [0, 0.1) is 13.8 Å². The molecule has 0 unspecified atom stereocenters. The van der Waals surface area contributed by atoms with E-state index in [9.17, 15) is 9.90 Å². The molecule has 0 saturated heterocycles. The van der Waals surface area contributed by atoms with Gasteiger partial charge in [0, 0.05) is 24.1 Å². The lowest BCUT2D eigenvalue weighted by Gasteiger charge is -2.09. The minimum Gasteiger partial charge on any atom is -0.502 e. The number of aryl methyl sites for hydroxylation is 2. The summed E-state index contributed by atoms with van der Waals surface area (Å²) in [4.78, 5) is 15.8. The Hall–Kier alpha value is -2.47. The maximum Gasteiger partial charge on any atom is 0.226 e. The fourth-order valence-corrected chi connectivity index (χ4v) is 3.20. The Kier molecular flexibility index (Phi) is 4.25. The fourth-order valence-electron chi connectivity index (χ4n) is 2.34. The normalized spacial score (nSPS) is 10.9. The molecule has 0 fully saturated rings. The van der Waals surface area contributed by atoms with Crippen LogP contribution < -0.4 is 5.43 Å². The van der Waals surface area contributed by atoms with Crippen LogP contribution in [-0.4, -0.2) is 14.7 Å². The third kappa shape index (κ3) is 3.48. The first-order valence-corrected chi connectivity index (χ1v) is 8.07. The molecule has 0 radical (unpaired) electrons. The van der Waals surface area contributed by atoms with Crippen molar-refractivity contribution in [3.63, 3.8) is 0 Å². The average Bonchev–Trinajstić information content (AvgIpc) is 2.96. The molecule has 0 atom stereocenters. The van der Waals surface area contributed by atoms with Crippen LogP contribution in [0.4, 0.5) is 0 Å². The molecular weight excluding hydrogens is 312 g/mol. The molecule has 0 spiro atoms. The Morgan fingerprint density at radius 3 is 2.65 bits per heavy atom. The minimum atomic E-state index is -0.440. The third-order valence-electron chi connectivity index (χ3n) is 3.30. The molecule has 0 saturated carbocycles. The topological polar surface area (TPSA) is 68.3 Å². The molecule has 2 heterocycles. The lowest BCUT2D eigenvalue weighted by atomic mass is 10.1. The molecule has 2 aromatic heterocycles. The number of benzene rings is 1. The van der Waals surface area contributed by atoms with Crippen LogP contribution in [0.1, 0.15) is 16.9 Å². The number of hydrogen-bond acceptors (Lipinski definition) is 5. The van der Waals surface area contributed by atoms with Crippen molar-refractivity contribution in [2.75, 3.05) is 0 Å². The standard InChI is InChI=1S/C17H16N2O3S/c1-11-5-12(2)7-13(6-11)19-4-3-18-17(19)23-10-14-8-15(20)16(21)9-22-14/h3-9,21H,10H2,1-2H3. The summed E-state index contributed by atoms with van der Waals surface area (Å²) in [5.74, 6) is 0.570. The Morgan fingerprint density at radius 2 is 1.96 bits per heavy atom. The van der Waals surface area contributed by atoms with E-state index in [1.807, 2.05) is 10.8 Å². The van der Waals surface area contributed by atoms with Gasteiger partial charge in [0.2, 0.25) is 5.43 Å². The quantitative estimate of drug-likeness (QED) is 0.743. The number of thioether (sulfide) groups is 1. The van der Waals surface area contributed by atoms with E-state index in [0.29, 0.717) is 11.5 Å². The molecule has 1 aromatic carbocycles. The van der Waals surface area contributed by atoms with Gasteiger partial charge in [-0.15, -0.1) is 0 Å². The Morgan fingerprint density at radius 1 is 1.22 bits per heavy atom. The predicted octanol–water partition coefficient (Wildman–Crippen LogP) is 3.44. The zero-order valence-corrected chi connectivity index (χ0v) is 13.6. The van der Waals surface area contributed by atoms with Crippen LogP contribution in [0.3, 0.4) is 0 Å². The Balaban J connectivity index is 1.83. The molecule has 23 heavy (non-hydrogen) atoms. The van der Waals surface area contributed by atoms with E-state index in [1.54, 1.807) is 6.20 Å². The summed E-state index contributed by atoms with van der Waals surface area (Å²) in [7, 11) is 0. The van der Waals surface area contributed by atoms with E-state index in [-0.39, 0.29) is 5.75 Å². The Bertz CT molecular complexity index is 879. The van der Waals surface area contributed by atoms with Gasteiger partial charge in [-0.2, -0.15) is 0 Å². The third-order valence-corrected chi connectivity index (χ3v) is 4.29. The second kappa shape index (κ2) is 6.34. The second-order valence-electron chi connectivity index (χ2n) is 5.31. The molecule has 3 aromatic rings. The number of aromatic hydroxyl groups is 1. The minimum absolute atomic E-state index is 0.379.